The van der Waals surface area contributed by atoms with E-state index >= 15 is 0 Å². The molecule has 0 aliphatic carbocycles. The molecule has 0 saturated heterocycles. The summed E-state index contributed by atoms with van der Waals surface area (Å²) < 4.78 is 10.7. The van der Waals surface area contributed by atoms with Crippen LogP contribution in [0.4, 0.5) is 0 Å². The van der Waals surface area contributed by atoms with Crippen molar-refractivity contribution in [2.45, 2.75) is 20.5 Å². The normalized spacial score (nSPS) is 11.1. The van der Waals surface area contributed by atoms with Gasteiger partial charge in [-0.25, -0.2) is 0 Å². The minimum absolute atomic E-state index is 0.293. The monoisotopic (exact) mass is 206 g/mol. The second kappa shape index (κ2) is 3.95. The van der Waals surface area contributed by atoms with E-state index in [4.69, 9.17) is 9.15 Å². The summed E-state index contributed by atoms with van der Waals surface area (Å²) in [5.41, 5.74) is 2.59. The Kier molecular flexibility index (Phi) is 2.64. The second-order valence-electron chi connectivity index (χ2n) is 3.53. The number of furan rings is 1. The average molecular weight is 206 g/mol. The Hall–Kier alpha value is -1.48. The molecular formula is C12H14O3. The summed E-state index contributed by atoms with van der Waals surface area (Å²) in [5, 5.41) is 10.5. The average Bonchev–Trinajstić information content (AvgIpc) is 2.59. The summed E-state index contributed by atoms with van der Waals surface area (Å²) in [6.07, 6.45) is 1.68. The maximum atomic E-state index is 9.60. The van der Waals surface area contributed by atoms with Gasteiger partial charge in [0.2, 0.25) is 0 Å². The molecule has 0 spiro atoms. The van der Waals surface area contributed by atoms with Crippen molar-refractivity contribution in [3.63, 3.8) is 0 Å². The Bertz CT molecular complexity index is 471. The van der Waals surface area contributed by atoms with E-state index in [9.17, 15) is 5.11 Å². The van der Waals surface area contributed by atoms with Crippen LogP contribution in [0, 0.1) is 6.92 Å². The van der Waals surface area contributed by atoms with Crippen LogP contribution in [0.15, 0.2) is 22.8 Å². The number of phenols is 1. The first-order chi connectivity index (χ1) is 7.22. The standard InChI is InChI=1S/C12H14O3/c1-3-14-6-9-7-15-12-4-8(2)11(13)5-10(9)12/h4-5,7,13H,3,6H2,1-2H3. The number of aryl methyl sites for hydroxylation is 1. The fraction of sp³-hybridized carbons (Fsp3) is 0.333. The number of hydrogen-bond donors (Lipinski definition) is 1. The summed E-state index contributed by atoms with van der Waals surface area (Å²) in [6.45, 7) is 4.99. The first-order valence-electron chi connectivity index (χ1n) is 4.99. The lowest BCUT2D eigenvalue weighted by Crippen LogP contribution is -1.90. The van der Waals surface area contributed by atoms with Gasteiger partial charge in [0.1, 0.15) is 11.3 Å². The lowest BCUT2D eigenvalue weighted by molar-refractivity contribution is 0.134. The van der Waals surface area contributed by atoms with Crippen molar-refractivity contribution in [2.24, 2.45) is 0 Å². The van der Waals surface area contributed by atoms with E-state index in [2.05, 4.69) is 0 Å². The summed E-state index contributed by atoms with van der Waals surface area (Å²) in [6, 6.07) is 3.56. The van der Waals surface area contributed by atoms with Gasteiger partial charge in [-0.3, -0.25) is 0 Å². The van der Waals surface area contributed by atoms with Crippen LogP contribution in [0.25, 0.3) is 11.0 Å². The van der Waals surface area contributed by atoms with Gasteiger partial charge in [-0.15, -0.1) is 0 Å². The Balaban J connectivity index is 2.45. The maximum absolute atomic E-state index is 9.60. The third-order valence-electron chi connectivity index (χ3n) is 2.43. The van der Waals surface area contributed by atoms with Crippen LogP contribution in [-0.2, 0) is 11.3 Å². The predicted molar refractivity (Wildman–Crippen MR) is 57.9 cm³/mol. The van der Waals surface area contributed by atoms with Gasteiger partial charge in [-0.1, -0.05) is 0 Å². The molecule has 1 aromatic heterocycles. The molecule has 0 unspecified atom stereocenters. The van der Waals surface area contributed by atoms with Crippen LogP contribution in [0.2, 0.25) is 0 Å². The maximum Gasteiger partial charge on any atom is 0.134 e. The Morgan fingerprint density at radius 1 is 1.40 bits per heavy atom. The SMILES string of the molecule is CCOCc1coc2cc(C)c(O)cc12. The zero-order chi connectivity index (χ0) is 10.8. The van der Waals surface area contributed by atoms with Gasteiger partial charge in [0.05, 0.1) is 12.9 Å². The topological polar surface area (TPSA) is 42.6 Å². The molecule has 0 aliphatic rings. The van der Waals surface area contributed by atoms with Crippen molar-refractivity contribution >= 4 is 11.0 Å². The van der Waals surface area contributed by atoms with E-state index in [0.717, 1.165) is 22.1 Å². The van der Waals surface area contributed by atoms with E-state index in [1.807, 2.05) is 19.9 Å². The van der Waals surface area contributed by atoms with E-state index in [1.54, 1.807) is 12.3 Å². The van der Waals surface area contributed by atoms with Gasteiger partial charge in [0.25, 0.3) is 0 Å². The minimum atomic E-state index is 0.293. The van der Waals surface area contributed by atoms with Gasteiger partial charge in [-0.05, 0) is 31.5 Å². The molecule has 80 valence electrons. The molecule has 3 nitrogen and oxygen atoms in total. The van der Waals surface area contributed by atoms with Crippen molar-refractivity contribution < 1.29 is 14.3 Å². The van der Waals surface area contributed by atoms with Gasteiger partial charge >= 0.3 is 0 Å². The smallest absolute Gasteiger partial charge is 0.134 e. The number of fused-ring (bicyclic) bond motifs is 1. The van der Waals surface area contributed by atoms with Crippen molar-refractivity contribution in [1.29, 1.82) is 0 Å². The van der Waals surface area contributed by atoms with Gasteiger partial charge in [0.15, 0.2) is 0 Å². The van der Waals surface area contributed by atoms with Crippen LogP contribution < -0.4 is 0 Å². The number of benzene rings is 1. The lowest BCUT2D eigenvalue weighted by Gasteiger charge is -2.00. The largest absolute Gasteiger partial charge is 0.508 e. The van der Waals surface area contributed by atoms with E-state index in [-0.39, 0.29) is 0 Å². The van der Waals surface area contributed by atoms with E-state index < -0.39 is 0 Å². The highest BCUT2D eigenvalue weighted by atomic mass is 16.5. The number of hydrogen-bond acceptors (Lipinski definition) is 3. The molecule has 1 aromatic carbocycles. The quantitative estimate of drug-likeness (QED) is 0.839. The molecular weight excluding hydrogens is 192 g/mol. The molecule has 2 aromatic rings. The molecule has 0 amide bonds. The third kappa shape index (κ3) is 1.83. The molecule has 15 heavy (non-hydrogen) atoms. The van der Waals surface area contributed by atoms with Gasteiger partial charge < -0.3 is 14.3 Å². The summed E-state index contributed by atoms with van der Waals surface area (Å²) in [7, 11) is 0. The molecule has 2 rings (SSSR count). The molecule has 1 heterocycles. The fourth-order valence-corrected chi connectivity index (χ4v) is 1.54. The number of ether oxygens (including phenoxy) is 1. The molecule has 0 fully saturated rings. The van der Waals surface area contributed by atoms with Gasteiger partial charge in [-0.2, -0.15) is 0 Å². The minimum Gasteiger partial charge on any atom is -0.508 e. The Morgan fingerprint density at radius 3 is 2.93 bits per heavy atom. The van der Waals surface area contributed by atoms with E-state index in [0.29, 0.717) is 19.0 Å². The fourth-order valence-electron chi connectivity index (χ4n) is 1.54. The highest BCUT2D eigenvalue weighted by molar-refractivity contribution is 5.83. The van der Waals surface area contributed by atoms with Crippen molar-refractivity contribution in [1.82, 2.24) is 0 Å². The van der Waals surface area contributed by atoms with Crippen molar-refractivity contribution in [2.75, 3.05) is 6.61 Å². The molecule has 1 N–H and O–H groups in total. The van der Waals surface area contributed by atoms with Crippen LogP contribution in [-0.4, -0.2) is 11.7 Å². The number of rotatable bonds is 3. The zero-order valence-electron chi connectivity index (χ0n) is 8.91. The second-order valence-corrected chi connectivity index (χ2v) is 3.53. The highest BCUT2D eigenvalue weighted by Gasteiger charge is 2.08. The Labute approximate surface area is 88.3 Å². The summed E-state index contributed by atoms with van der Waals surface area (Å²) in [4.78, 5) is 0. The molecule has 0 saturated carbocycles. The van der Waals surface area contributed by atoms with Crippen LogP contribution in [0.5, 0.6) is 5.75 Å². The number of phenolic OH excluding ortho intramolecular Hbond substituents is 1. The van der Waals surface area contributed by atoms with Crippen LogP contribution in [0.3, 0.4) is 0 Å². The lowest BCUT2D eigenvalue weighted by atomic mass is 10.1. The summed E-state index contributed by atoms with van der Waals surface area (Å²) in [5.74, 6) is 0.293. The van der Waals surface area contributed by atoms with Crippen LogP contribution in [0.1, 0.15) is 18.1 Å². The molecule has 0 atom stereocenters. The molecule has 0 bridgehead atoms. The van der Waals surface area contributed by atoms with E-state index in [1.165, 1.54) is 0 Å². The summed E-state index contributed by atoms with van der Waals surface area (Å²) >= 11 is 0. The zero-order valence-corrected chi connectivity index (χ0v) is 8.91. The Morgan fingerprint density at radius 2 is 2.20 bits per heavy atom. The number of aromatic hydroxyl groups is 1. The van der Waals surface area contributed by atoms with Gasteiger partial charge in [0, 0.05) is 17.6 Å². The molecule has 3 heteroatoms. The van der Waals surface area contributed by atoms with Crippen molar-refractivity contribution in [3.05, 3.63) is 29.5 Å². The molecule has 0 aliphatic heterocycles. The first-order valence-corrected chi connectivity index (χ1v) is 4.99. The van der Waals surface area contributed by atoms with Crippen molar-refractivity contribution in [3.8, 4) is 5.75 Å². The molecule has 0 radical (unpaired) electrons. The predicted octanol–water partition coefficient (Wildman–Crippen LogP) is 2.98. The first kappa shape index (κ1) is 10.1. The third-order valence-corrected chi connectivity index (χ3v) is 2.43. The van der Waals surface area contributed by atoms with Crippen LogP contribution >= 0.6 is 0 Å². The highest BCUT2D eigenvalue weighted by Crippen LogP contribution is 2.28.